The first-order chi connectivity index (χ1) is 7.29. The van der Waals surface area contributed by atoms with Gasteiger partial charge in [0.15, 0.2) is 0 Å². The van der Waals surface area contributed by atoms with E-state index >= 15 is 0 Å². The minimum absolute atomic E-state index is 0.358. The number of esters is 1. The lowest BCUT2D eigenvalue weighted by atomic mass is 10.1. The van der Waals surface area contributed by atoms with Crippen LogP contribution in [0.3, 0.4) is 0 Å². The van der Waals surface area contributed by atoms with Crippen molar-refractivity contribution in [3.8, 4) is 0 Å². The minimum Gasteiger partial charge on any atom is -0.465 e. The molecule has 0 fully saturated rings. The summed E-state index contributed by atoms with van der Waals surface area (Å²) in [6.07, 6.45) is 7.66. The Balaban J connectivity index is 2.91. The predicted octanol–water partition coefficient (Wildman–Crippen LogP) is 2.51. The topological polar surface area (TPSA) is 39.2 Å². The van der Waals surface area contributed by atoms with E-state index in [9.17, 15) is 4.79 Å². The summed E-state index contributed by atoms with van der Waals surface area (Å²) in [6.45, 7) is 0. The van der Waals surface area contributed by atoms with E-state index in [-0.39, 0.29) is 5.97 Å². The number of halogens is 1. The van der Waals surface area contributed by atoms with Gasteiger partial charge in [-0.1, -0.05) is 12.2 Å². The molecule has 0 spiro atoms. The van der Waals surface area contributed by atoms with Crippen molar-refractivity contribution >= 4 is 23.6 Å². The van der Waals surface area contributed by atoms with E-state index < -0.39 is 0 Å². The molecule has 4 heteroatoms. The third-order valence-electron chi connectivity index (χ3n) is 1.83. The number of hydrogen-bond acceptors (Lipinski definition) is 3. The first-order valence-corrected chi connectivity index (χ1v) is 5.08. The number of methoxy groups -OCH3 is 1. The number of allylic oxidation sites excluding steroid dienone is 1. The van der Waals surface area contributed by atoms with Crippen LogP contribution in [0.2, 0.25) is 0 Å². The van der Waals surface area contributed by atoms with E-state index in [1.165, 1.54) is 7.11 Å². The van der Waals surface area contributed by atoms with Crippen molar-refractivity contribution in [3.63, 3.8) is 0 Å². The molecule has 0 aliphatic rings. The van der Waals surface area contributed by atoms with E-state index in [0.717, 1.165) is 12.0 Å². The molecule has 0 bridgehead atoms. The molecular formula is C11H12ClNO2. The van der Waals surface area contributed by atoms with Gasteiger partial charge in [-0.15, -0.1) is 11.6 Å². The summed E-state index contributed by atoms with van der Waals surface area (Å²) >= 11 is 5.54. The fraction of sp³-hybridized carbons (Fsp3) is 0.273. The molecule has 0 aliphatic heterocycles. The van der Waals surface area contributed by atoms with Crippen molar-refractivity contribution in [1.82, 2.24) is 4.98 Å². The standard InChI is InChI=1S/C11H12ClNO2/c1-15-11(14)10-5-7-13-8-9(10)4-2-3-6-12/h2,4-5,7-8H,3,6H2,1H3. The van der Waals surface area contributed by atoms with Gasteiger partial charge in [-0.25, -0.2) is 4.79 Å². The van der Waals surface area contributed by atoms with Gasteiger partial charge < -0.3 is 4.74 Å². The van der Waals surface area contributed by atoms with Crippen molar-refractivity contribution in [2.45, 2.75) is 6.42 Å². The van der Waals surface area contributed by atoms with Crippen LogP contribution in [0, 0.1) is 0 Å². The lowest BCUT2D eigenvalue weighted by molar-refractivity contribution is 0.0600. The summed E-state index contributed by atoms with van der Waals surface area (Å²) in [5, 5.41) is 0. The van der Waals surface area contributed by atoms with Crippen LogP contribution in [-0.2, 0) is 4.74 Å². The molecule has 0 aliphatic carbocycles. The fourth-order valence-corrected chi connectivity index (χ4v) is 1.23. The lowest BCUT2D eigenvalue weighted by Crippen LogP contribution is -2.03. The third kappa shape index (κ3) is 3.36. The van der Waals surface area contributed by atoms with Gasteiger partial charge in [-0.3, -0.25) is 4.98 Å². The van der Waals surface area contributed by atoms with E-state index in [0.29, 0.717) is 11.4 Å². The predicted molar refractivity (Wildman–Crippen MR) is 59.9 cm³/mol. The Morgan fingerprint density at radius 3 is 3.13 bits per heavy atom. The fourth-order valence-electron chi connectivity index (χ4n) is 1.11. The number of alkyl halides is 1. The molecule has 0 N–H and O–H groups in total. The zero-order chi connectivity index (χ0) is 11.1. The van der Waals surface area contributed by atoms with Gasteiger partial charge in [0.1, 0.15) is 0 Å². The largest absolute Gasteiger partial charge is 0.465 e. The Bertz CT molecular complexity index is 363. The van der Waals surface area contributed by atoms with Gasteiger partial charge in [-0.05, 0) is 12.5 Å². The van der Waals surface area contributed by atoms with Crippen molar-refractivity contribution in [2.75, 3.05) is 13.0 Å². The maximum atomic E-state index is 11.4. The normalized spacial score (nSPS) is 10.5. The molecule has 1 aromatic heterocycles. The quantitative estimate of drug-likeness (QED) is 0.584. The summed E-state index contributed by atoms with van der Waals surface area (Å²) in [7, 11) is 1.36. The molecule has 0 saturated carbocycles. The number of pyridine rings is 1. The zero-order valence-electron chi connectivity index (χ0n) is 8.44. The van der Waals surface area contributed by atoms with Crippen molar-refractivity contribution in [3.05, 3.63) is 35.7 Å². The number of aromatic nitrogens is 1. The summed E-state index contributed by atoms with van der Waals surface area (Å²) < 4.78 is 4.66. The Hall–Kier alpha value is -1.35. The van der Waals surface area contributed by atoms with Gasteiger partial charge in [0.05, 0.1) is 12.7 Å². The summed E-state index contributed by atoms with van der Waals surface area (Å²) in [5.41, 5.74) is 1.26. The Morgan fingerprint density at radius 1 is 1.67 bits per heavy atom. The highest BCUT2D eigenvalue weighted by Gasteiger charge is 2.08. The van der Waals surface area contributed by atoms with Crippen LogP contribution in [0.1, 0.15) is 22.3 Å². The molecule has 0 saturated heterocycles. The third-order valence-corrected chi connectivity index (χ3v) is 2.05. The van der Waals surface area contributed by atoms with E-state index in [4.69, 9.17) is 11.6 Å². The van der Waals surface area contributed by atoms with Crippen molar-refractivity contribution in [1.29, 1.82) is 0 Å². The molecule has 80 valence electrons. The summed E-state index contributed by atoms with van der Waals surface area (Å²) in [5.74, 6) is 0.201. The number of ether oxygens (including phenoxy) is 1. The number of hydrogen-bond donors (Lipinski definition) is 0. The molecule has 0 radical (unpaired) electrons. The monoisotopic (exact) mass is 225 g/mol. The second-order valence-electron chi connectivity index (χ2n) is 2.83. The smallest absolute Gasteiger partial charge is 0.338 e. The van der Waals surface area contributed by atoms with Crippen LogP contribution in [0.15, 0.2) is 24.5 Å². The van der Waals surface area contributed by atoms with Crippen LogP contribution >= 0.6 is 11.6 Å². The van der Waals surface area contributed by atoms with E-state index in [2.05, 4.69) is 9.72 Å². The zero-order valence-corrected chi connectivity index (χ0v) is 9.20. The van der Waals surface area contributed by atoms with Gasteiger partial charge in [-0.2, -0.15) is 0 Å². The van der Waals surface area contributed by atoms with Crippen molar-refractivity contribution in [2.24, 2.45) is 0 Å². The molecule has 0 unspecified atom stereocenters. The van der Waals surface area contributed by atoms with Gasteiger partial charge in [0.25, 0.3) is 0 Å². The number of carbonyl (C=O) groups excluding carboxylic acids is 1. The van der Waals surface area contributed by atoms with E-state index in [1.54, 1.807) is 18.5 Å². The SMILES string of the molecule is COC(=O)c1ccncc1C=CCCCl. The Morgan fingerprint density at radius 2 is 2.47 bits per heavy atom. The lowest BCUT2D eigenvalue weighted by Gasteiger charge is -2.02. The van der Waals surface area contributed by atoms with Gasteiger partial charge in [0, 0.05) is 23.8 Å². The molecule has 0 aromatic carbocycles. The number of carbonyl (C=O) groups is 1. The number of nitrogens with zero attached hydrogens (tertiary/aromatic N) is 1. The van der Waals surface area contributed by atoms with Crippen LogP contribution in [0.25, 0.3) is 6.08 Å². The molecule has 1 rings (SSSR count). The Labute approximate surface area is 93.7 Å². The van der Waals surface area contributed by atoms with Crippen LogP contribution in [-0.4, -0.2) is 23.9 Å². The van der Waals surface area contributed by atoms with Crippen molar-refractivity contribution < 1.29 is 9.53 Å². The molecule has 1 heterocycles. The van der Waals surface area contributed by atoms with Crippen LogP contribution in [0.5, 0.6) is 0 Å². The maximum absolute atomic E-state index is 11.4. The van der Waals surface area contributed by atoms with Gasteiger partial charge in [0.2, 0.25) is 0 Å². The molecule has 15 heavy (non-hydrogen) atoms. The summed E-state index contributed by atoms with van der Waals surface area (Å²) in [4.78, 5) is 15.3. The highest BCUT2D eigenvalue weighted by atomic mass is 35.5. The highest BCUT2D eigenvalue weighted by Crippen LogP contribution is 2.10. The summed E-state index contributed by atoms with van der Waals surface area (Å²) in [6, 6.07) is 1.63. The first-order valence-electron chi connectivity index (χ1n) is 4.54. The van der Waals surface area contributed by atoms with Gasteiger partial charge >= 0.3 is 5.97 Å². The average Bonchev–Trinajstić information content (AvgIpc) is 2.29. The molecule has 1 aromatic rings. The second-order valence-corrected chi connectivity index (χ2v) is 3.21. The molecular weight excluding hydrogens is 214 g/mol. The molecule has 0 amide bonds. The average molecular weight is 226 g/mol. The minimum atomic E-state index is -0.358. The van der Waals surface area contributed by atoms with Crippen LogP contribution in [0.4, 0.5) is 0 Å². The Kier molecular flexibility index (Phi) is 4.84. The number of rotatable bonds is 4. The van der Waals surface area contributed by atoms with E-state index in [1.807, 2.05) is 12.2 Å². The molecule has 0 atom stereocenters. The second kappa shape index (κ2) is 6.19. The molecule has 3 nitrogen and oxygen atoms in total. The maximum Gasteiger partial charge on any atom is 0.338 e. The first kappa shape index (κ1) is 11.7. The van der Waals surface area contributed by atoms with Crippen LogP contribution < -0.4 is 0 Å². The highest BCUT2D eigenvalue weighted by molar-refractivity contribution is 6.17.